The third-order valence-electron chi connectivity index (χ3n) is 15.5. The third kappa shape index (κ3) is 6.22. The minimum atomic E-state index is 0.674. The highest BCUT2D eigenvalue weighted by molar-refractivity contribution is 6.30. The van der Waals surface area contributed by atoms with Crippen molar-refractivity contribution in [1.29, 1.82) is 0 Å². The lowest BCUT2D eigenvalue weighted by atomic mass is 9.99. The molecule has 0 saturated carbocycles. The lowest BCUT2D eigenvalue weighted by Crippen LogP contribution is -2.00. The molecule has 354 valence electrons. The summed E-state index contributed by atoms with van der Waals surface area (Å²) in [5, 5.41) is 9.48. The smallest absolute Gasteiger partial charge is 0.160 e. The van der Waals surface area contributed by atoms with E-state index < -0.39 is 0 Å². The van der Waals surface area contributed by atoms with Crippen molar-refractivity contribution in [3.05, 3.63) is 267 Å². The van der Waals surface area contributed by atoms with Gasteiger partial charge in [0.1, 0.15) is 0 Å². The SMILES string of the molecule is c1ccc(-c2cc(-c3cc4c5ccccc5n(-c5ccccc5)c4c4c5cc(-n6c7ccccc7c7c6ccc6c8ccccc8n(-c8ccccc8)c67)ccc5n(-c5ccccc5)c34)nc(-c3ccccc3)n2)cc1. The van der Waals surface area contributed by atoms with E-state index >= 15 is 0 Å². The van der Waals surface area contributed by atoms with Crippen molar-refractivity contribution in [2.75, 3.05) is 0 Å². The molecule has 16 aromatic rings. The minimum Gasteiger partial charge on any atom is -0.309 e. The molecular weight excluding hydrogens is 925 g/mol. The van der Waals surface area contributed by atoms with Gasteiger partial charge in [0.05, 0.1) is 55.5 Å². The number of fused-ring (bicyclic) bond motifs is 14. The summed E-state index contributed by atoms with van der Waals surface area (Å²) in [6.07, 6.45) is 0. The van der Waals surface area contributed by atoms with Gasteiger partial charge < -0.3 is 18.3 Å². The number of hydrogen-bond donors (Lipinski definition) is 0. The number of para-hydroxylation sites is 6. The number of hydrogen-bond acceptors (Lipinski definition) is 2. The van der Waals surface area contributed by atoms with Crippen LogP contribution >= 0.6 is 0 Å². The highest BCUT2D eigenvalue weighted by atomic mass is 15.0. The number of benzene rings is 11. The van der Waals surface area contributed by atoms with Crippen LogP contribution < -0.4 is 0 Å². The van der Waals surface area contributed by atoms with Crippen molar-refractivity contribution in [3.63, 3.8) is 0 Å². The molecule has 5 heterocycles. The summed E-state index contributed by atoms with van der Waals surface area (Å²) in [5.74, 6) is 0.674. The fraction of sp³-hybridized carbons (Fsp3) is 0. The Morgan fingerprint density at radius 2 is 0.684 bits per heavy atom. The van der Waals surface area contributed by atoms with Crippen molar-refractivity contribution in [3.8, 4) is 56.7 Å². The molecule has 6 heteroatoms. The van der Waals surface area contributed by atoms with Crippen LogP contribution in [0.2, 0.25) is 0 Å². The van der Waals surface area contributed by atoms with Crippen molar-refractivity contribution in [1.82, 2.24) is 28.2 Å². The van der Waals surface area contributed by atoms with Gasteiger partial charge >= 0.3 is 0 Å². The molecule has 0 spiro atoms. The Labute approximate surface area is 436 Å². The van der Waals surface area contributed by atoms with Gasteiger partial charge in [0.15, 0.2) is 5.82 Å². The number of rotatable bonds is 7. The summed E-state index contributed by atoms with van der Waals surface area (Å²) in [5.41, 5.74) is 18.2. The molecule has 0 aliphatic heterocycles. The van der Waals surface area contributed by atoms with E-state index in [-0.39, 0.29) is 0 Å². The summed E-state index contributed by atoms with van der Waals surface area (Å²) >= 11 is 0. The Bertz CT molecular complexity index is 4890. The average molecular weight is 969 g/mol. The van der Waals surface area contributed by atoms with E-state index in [1.165, 1.54) is 38.0 Å². The van der Waals surface area contributed by atoms with Crippen LogP contribution in [-0.4, -0.2) is 28.2 Å². The van der Waals surface area contributed by atoms with Crippen LogP contribution in [0.15, 0.2) is 267 Å². The largest absolute Gasteiger partial charge is 0.309 e. The molecule has 0 atom stereocenters. The molecule has 0 fully saturated rings. The predicted octanol–water partition coefficient (Wildman–Crippen LogP) is 17.9. The predicted molar refractivity (Wildman–Crippen MR) is 316 cm³/mol. The van der Waals surface area contributed by atoms with E-state index in [4.69, 9.17) is 9.97 Å². The van der Waals surface area contributed by atoms with E-state index in [0.29, 0.717) is 5.82 Å². The Hall–Kier alpha value is -10.3. The molecule has 16 rings (SSSR count). The van der Waals surface area contributed by atoms with E-state index in [0.717, 1.165) is 100 Å². The van der Waals surface area contributed by atoms with Gasteiger partial charge in [0.25, 0.3) is 0 Å². The molecule has 0 radical (unpaired) electrons. The average Bonchev–Trinajstić information content (AvgIpc) is 4.42. The molecule has 0 aliphatic carbocycles. The van der Waals surface area contributed by atoms with Crippen LogP contribution in [0.1, 0.15) is 0 Å². The Morgan fingerprint density at radius 1 is 0.237 bits per heavy atom. The van der Waals surface area contributed by atoms with Gasteiger partial charge in [-0.25, -0.2) is 9.97 Å². The first kappa shape index (κ1) is 42.2. The fourth-order valence-corrected chi connectivity index (χ4v) is 12.4. The van der Waals surface area contributed by atoms with Gasteiger partial charge in [-0.1, -0.05) is 176 Å². The zero-order valence-electron chi connectivity index (χ0n) is 41.1. The van der Waals surface area contributed by atoms with Crippen LogP contribution in [0.3, 0.4) is 0 Å². The first-order valence-corrected chi connectivity index (χ1v) is 25.9. The number of aromatic nitrogens is 6. The summed E-state index contributed by atoms with van der Waals surface area (Å²) in [4.78, 5) is 10.8. The van der Waals surface area contributed by atoms with Crippen molar-refractivity contribution < 1.29 is 0 Å². The van der Waals surface area contributed by atoms with Gasteiger partial charge in [-0.15, -0.1) is 0 Å². The van der Waals surface area contributed by atoms with E-state index in [1.54, 1.807) is 0 Å². The maximum atomic E-state index is 5.56. The molecule has 0 N–H and O–H groups in total. The standard InChI is InChI=1S/C70H44N6/c1-6-22-45(23-7-1)58-44-59(72-70(71-58)46-24-8-2-9-25-46)56-43-55-52-33-17-20-36-61(52)75(48-28-12-4-13-29-48)68(55)66-57-42-50(38-40-63(57)76(69(56)66)49-30-14-5-15-31-49)73-62-37-21-18-34-54(62)65-64(73)41-39-53-51-32-16-19-35-60(51)74(67(53)65)47-26-10-3-11-27-47/h1-44H. The maximum Gasteiger partial charge on any atom is 0.160 e. The van der Waals surface area contributed by atoms with Gasteiger partial charge in [0, 0.05) is 82.5 Å². The molecule has 0 amide bonds. The summed E-state index contributed by atoms with van der Waals surface area (Å²) in [6.45, 7) is 0. The Balaban J connectivity index is 1.08. The molecule has 0 bridgehead atoms. The molecule has 11 aromatic carbocycles. The van der Waals surface area contributed by atoms with Crippen molar-refractivity contribution in [2.45, 2.75) is 0 Å². The highest BCUT2D eigenvalue weighted by Crippen LogP contribution is 2.48. The number of nitrogens with zero attached hydrogens (tertiary/aromatic N) is 6. The van der Waals surface area contributed by atoms with Crippen LogP contribution in [-0.2, 0) is 0 Å². The Morgan fingerprint density at radius 3 is 1.29 bits per heavy atom. The fourth-order valence-electron chi connectivity index (χ4n) is 12.4. The van der Waals surface area contributed by atoms with E-state index in [9.17, 15) is 0 Å². The first-order valence-electron chi connectivity index (χ1n) is 25.9. The van der Waals surface area contributed by atoms with Gasteiger partial charge in [-0.05, 0) is 91.0 Å². The third-order valence-corrected chi connectivity index (χ3v) is 15.5. The lowest BCUT2D eigenvalue weighted by molar-refractivity contribution is 1.15. The van der Waals surface area contributed by atoms with E-state index in [2.05, 4.69) is 279 Å². The summed E-state index contributed by atoms with van der Waals surface area (Å²) < 4.78 is 9.89. The van der Waals surface area contributed by atoms with Gasteiger partial charge in [-0.3, -0.25) is 0 Å². The second-order valence-electron chi connectivity index (χ2n) is 19.7. The van der Waals surface area contributed by atoms with Crippen LogP contribution in [0.5, 0.6) is 0 Å². The van der Waals surface area contributed by atoms with E-state index in [1.807, 2.05) is 6.07 Å². The Kier molecular flexibility index (Phi) is 9.23. The molecule has 0 aliphatic rings. The highest BCUT2D eigenvalue weighted by Gasteiger charge is 2.27. The molecule has 0 saturated heterocycles. The molecule has 6 nitrogen and oxygen atoms in total. The summed E-state index contributed by atoms with van der Waals surface area (Å²) in [7, 11) is 0. The second kappa shape index (κ2) is 16.6. The molecule has 76 heavy (non-hydrogen) atoms. The van der Waals surface area contributed by atoms with Gasteiger partial charge in [-0.2, -0.15) is 0 Å². The van der Waals surface area contributed by atoms with Crippen LogP contribution in [0.25, 0.3) is 144 Å². The first-order chi connectivity index (χ1) is 37.7. The minimum absolute atomic E-state index is 0.674. The second-order valence-corrected chi connectivity index (χ2v) is 19.7. The zero-order valence-corrected chi connectivity index (χ0v) is 41.1. The van der Waals surface area contributed by atoms with Crippen molar-refractivity contribution >= 4 is 87.2 Å². The van der Waals surface area contributed by atoms with Crippen LogP contribution in [0.4, 0.5) is 0 Å². The van der Waals surface area contributed by atoms with Crippen molar-refractivity contribution in [2.24, 2.45) is 0 Å². The quantitative estimate of drug-likeness (QED) is 0.160. The van der Waals surface area contributed by atoms with Gasteiger partial charge in [0.2, 0.25) is 0 Å². The molecule has 0 unspecified atom stereocenters. The monoisotopic (exact) mass is 968 g/mol. The molecular formula is C70H44N6. The maximum absolute atomic E-state index is 5.56. The normalized spacial score (nSPS) is 11.9. The van der Waals surface area contributed by atoms with Crippen LogP contribution in [0, 0.1) is 0 Å². The zero-order chi connectivity index (χ0) is 49.8. The lowest BCUT2D eigenvalue weighted by Gasteiger charge is -2.15. The summed E-state index contributed by atoms with van der Waals surface area (Å²) in [6, 6.07) is 96.2. The molecule has 5 aromatic heterocycles. The topological polar surface area (TPSA) is 45.5 Å².